The van der Waals surface area contributed by atoms with Crippen LogP contribution in [-0.2, 0) is 6.54 Å². The van der Waals surface area contributed by atoms with E-state index in [1.54, 1.807) is 16.2 Å². The first-order chi connectivity index (χ1) is 10.7. The number of nitrogens with zero attached hydrogens (tertiary/aromatic N) is 1. The van der Waals surface area contributed by atoms with Gasteiger partial charge in [-0.2, -0.15) is 11.3 Å². The second-order valence-corrected chi connectivity index (χ2v) is 7.96. The summed E-state index contributed by atoms with van der Waals surface area (Å²) in [6.45, 7) is 1.83. The predicted molar refractivity (Wildman–Crippen MR) is 90.8 cm³/mol. The number of aliphatic hydroxyl groups is 1. The van der Waals surface area contributed by atoms with Gasteiger partial charge >= 0.3 is 6.03 Å². The lowest BCUT2D eigenvalue weighted by Crippen LogP contribution is -2.38. The number of carbonyl (C=O) groups excluding carboxylic acids is 1. The predicted octanol–water partition coefficient (Wildman–Crippen LogP) is 3.38. The number of rotatable bonds is 4. The van der Waals surface area contributed by atoms with Crippen LogP contribution >= 0.6 is 34.3 Å². The molecule has 4 nitrogen and oxygen atoms in total. The molecule has 3 rings (SSSR count). The Kier molecular flexibility index (Phi) is 5.03. The second-order valence-electron chi connectivity index (χ2n) is 5.38. The van der Waals surface area contributed by atoms with Gasteiger partial charge in [0.25, 0.3) is 0 Å². The summed E-state index contributed by atoms with van der Waals surface area (Å²) in [6.07, 6.45) is 0. The summed E-state index contributed by atoms with van der Waals surface area (Å²) < 4.78 is 0.725. The first kappa shape index (κ1) is 15.8. The zero-order chi connectivity index (χ0) is 15.5. The van der Waals surface area contributed by atoms with E-state index in [0.717, 1.165) is 9.21 Å². The molecule has 2 atom stereocenters. The highest BCUT2D eigenvalue weighted by Gasteiger charge is 2.35. The molecular weight excluding hydrogens is 340 g/mol. The first-order valence-corrected chi connectivity index (χ1v) is 9.21. The minimum absolute atomic E-state index is 0.0827. The third-order valence-corrected chi connectivity index (χ3v) is 5.91. The summed E-state index contributed by atoms with van der Waals surface area (Å²) in [6, 6.07) is 5.74. The Morgan fingerprint density at radius 1 is 1.41 bits per heavy atom. The van der Waals surface area contributed by atoms with Crippen molar-refractivity contribution in [3.63, 3.8) is 0 Å². The van der Waals surface area contributed by atoms with Gasteiger partial charge in [0.15, 0.2) is 0 Å². The van der Waals surface area contributed by atoms with Crippen LogP contribution in [0.5, 0.6) is 0 Å². The molecule has 0 radical (unpaired) electrons. The lowest BCUT2D eigenvalue weighted by molar-refractivity contribution is 0.197. The fourth-order valence-corrected chi connectivity index (χ4v) is 4.56. The van der Waals surface area contributed by atoms with E-state index in [2.05, 4.69) is 16.8 Å². The lowest BCUT2D eigenvalue weighted by Gasteiger charge is -2.16. The van der Waals surface area contributed by atoms with Crippen LogP contribution in [0.25, 0.3) is 0 Å². The van der Waals surface area contributed by atoms with E-state index >= 15 is 0 Å². The minimum atomic E-state index is -0.0827. The molecular formula is C15H17ClN2O2S2. The highest BCUT2D eigenvalue weighted by molar-refractivity contribution is 7.16. The largest absolute Gasteiger partial charge is 0.396 e. The maximum Gasteiger partial charge on any atom is 0.317 e. The van der Waals surface area contributed by atoms with Crippen LogP contribution in [-0.4, -0.2) is 35.7 Å². The Bertz CT molecular complexity index is 629. The number of hydrogen-bond donors (Lipinski definition) is 2. The highest BCUT2D eigenvalue weighted by Crippen LogP contribution is 2.33. The fourth-order valence-electron chi connectivity index (χ4n) is 2.81. The summed E-state index contributed by atoms with van der Waals surface area (Å²) in [5.41, 5.74) is 1.21. The molecule has 1 fully saturated rings. The van der Waals surface area contributed by atoms with Gasteiger partial charge in [-0.1, -0.05) is 11.6 Å². The molecule has 7 heteroatoms. The number of urea groups is 1. The standard InChI is InChI=1S/C15H17ClN2O2S2/c16-14-2-1-12(22-14)5-17-15(20)18-6-11(8-19)13(7-18)10-3-4-21-9-10/h1-4,9,11,13,19H,5-8H2,(H,17,20)/t11-,13-/m0/s1. The molecule has 2 N–H and O–H groups in total. The number of carbonyl (C=O) groups is 1. The van der Waals surface area contributed by atoms with Crippen molar-refractivity contribution in [1.82, 2.24) is 10.2 Å². The van der Waals surface area contributed by atoms with E-state index in [-0.39, 0.29) is 24.5 Å². The van der Waals surface area contributed by atoms with Crippen LogP contribution in [0.4, 0.5) is 4.79 Å². The lowest BCUT2D eigenvalue weighted by atomic mass is 9.92. The minimum Gasteiger partial charge on any atom is -0.396 e. The first-order valence-electron chi connectivity index (χ1n) is 7.07. The van der Waals surface area contributed by atoms with E-state index in [1.807, 2.05) is 17.5 Å². The summed E-state index contributed by atoms with van der Waals surface area (Å²) in [5.74, 6) is 0.328. The van der Waals surface area contributed by atoms with Crippen molar-refractivity contribution in [1.29, 1.82) is 0 Å². The number of hydrogen-bond acceptors (Lipinski definition) is 4. The normalized spacial score (nSPS) is 21.3. The molecule has 2 aromatic rings. The van der Waals surface area contributed by atoms with E-state index < -0.39 is 0 Å². The number of halogens is 1. The van der Waals surface area contributed by atoms with Gasteiger partial charge in [-0.15, -0.1) is 11.3 Å². The van der Waals surface area contributed by atoms with Gasteiger partial charge in [-0.05, 0) is 34.5 Å². The van der Waals surface area contributed by atoms with E-state index in [4.69, 9.17) is 11.6 Å². The second kappa shape index (κ2) is 7.00. The SMILES string of the molecule is O=C(NCc1ccc(Cl)s1)N1C[C@@H](CO)[C@H](c2ccsc2)C1. The molecule has 0 unspecified atom stereocenters. The van der Waals surface area contributed by atoms with Crippen molar-refractivity contribution in [2.24, 2.45) is 5.92 Å². The molecule has 0 aromatic carbocycles. The third kappa shape index (κ3) is 3.46. The van der Waals surface area contributed by atoms with E-state index in [9.17, 15) is 9.90 Å². The summed E-state index contributed by atoms with van der Waals surface area (Å²) >= 11 is 9.00. The van der Waals surface area contributed by atoms with Crippen molar-refractivity contribution < 1.29 is 9.90 Å². The molecule has 1 saturated heterocycles. The molecule has 2 amide bonds. The summed E-state index contributed by atoms with van der Waals surface area (Å²) in [4.78, 5) is 15.1. The number of aliphatic hydroxyl groups excluding tert-OH is 1. The average Bonchev–Trinajstić information content (AvgIpc) is 3.24. The monoisotopic (exact) mass is 356 g/mol. The van der Waals surface area contributed by atoms with Gasteiger partial charge in [0.1, 0.15) is 0 Å². The van der Waals surface area contributed by atoms with Crippen LogP contribution in [0.2, 0.25) is 4.34 Å². The van der Waals surface area contributed by atoms with Crippen LogP contribution < -0.4 is 5.32 Å². The molecule has 0 aliphatic carbocycles. The highest BCUT2D eigenvalue weighted by atomic mass is 35.5. The van der Waals surface area contributed by atoms with E-state index in [1.165, 1.54) is 16.9 Å². The zero-order valence-corrected chi connectivity index (χ0v) is 14.3. The molecule has 118 valence electrons. The zero-order valence-electron chi connectivity index (χ0n) is 11.9. The Morgan fingerprint density at radius 3 is 2.91 bits per heavy atom. The molecule has 1 aliphatic heterocycles. The molecule has 3 heterocycles. The van der Waals surface area contributed by atoms with Crippen LogP contribution in [0.3, 0.4) is 0 Å². The topological polar surface area (TPSA) is 52.6 Å². The number of thiophene rings is 2. The Labute approximate surface area is 142 Å². The van der Waals surface area contributed by atoms with Gasteiger partial charge in [0.2, 0.25) is 0 Å². The quantitative estimate of drug-likeness (QED) is 0.882. The van der Waals surface area contributed by atoms with Crippen LogP contribution in [0, 0.1) is 5.92 Å². The Morgan fingerprint density at radius 2 is 2.27 bits per heavy atom. The fraction of sp³-hybridized carbons (Fsp3) is 0.400. The Hall–Kier alpha value is -1.08. The maximum absolute atomic E-state index is 12.3. The van der Waals surface area contributed by atoms with Crippen molar-refractivity contribution in [2.45, 2.75) is 12.5 Å². The summed E-state index contributed by atoms with van der Waals surface area (Å²) in [7, 11) is 0. The molecule has 2 aromatic heterocycles. The van der Waals surface area contributed by atoms with Crippen molar-refractivity contribution >= 4 is 40.3 Å². The molecule has 0 spiro atoms. The third-order valence-electron chi connectivity index (χ3n) is 3.98. The molecule has 0 saturated carbocycles. The van der Waals surface area contributed by atoms with Crippen molar-refractivity contribution in [2.75, 3.05) is 19.7 Å². The summed E-state index contributed by atoms with van der Waals surface area (Å²) in [5, 5.41) is 16.6. The van der Waals surface area contributed by atoms with Gasteiger partial charge in [-0.3, -0.25) is 0 Å². The molecule has 1 aliphatic rings. The van der Waals surface area contributed by atoms with Crippen molar-refractivity contribution in [3.05, 3.63) is 43.7 Å². The molecule has 22 heavy (non-hydrogen) atoms. The van der Waals surface area contributed by atoms with Crippen LogP contribution in [0.1, 0.15) is 16.4 Å². The van der Waals surface area contributed by atoms with Crippen molar-refractivity contribution in [3.8, 4) is 0 Å². The number of nitrogens with one attached hydrogen (secondary N) is 1. The number of likely N-dealkylation sites (tertiary alicyclic amines) is 1. The van der Waals surface area contributed by atoms with Gasteiger partial charge in [0, 0.05) is 36.4 Å². The van der Waals surface area contributed by atoms with Crippen LogP contribution in [0.15, 0.2) is 29.0 Å². The van der Waals surface area contributed by atoms with Gasteiger partial charge in [-0.25, -0.2) is 4.79 Å². The van der Waals surface area contributed by atoms with Gasteiger partial charge < -0.3 is 15.3 Å². The van der Waals surface area contributed by atoms with E-state index in [0.29, 0.717) is 19.6 Å². The molecule has 0 bridgehead atoms. The van der Waals surface area contributed by atoms with Gasteiger partial charge in [0.05, 0.1) is 10.9 Å². The number of amides is 2. The maximum atomic E-state index is 12.3. The average molecular weight is 357 g/mol. The smallest absolute Gasteiger partial charge is 0.317 e. The Balaban J connectivity index is 1.59.